The first kappa shape index (κ1) is 27.1. The summed E-state index contributed by atoms with van der Waals surface area (Å²) >= 11 is 7.29. The van der Waals surface area contributed by atoms with Crippen LogP contribution in [0.5, 0.6) is 11.5 Å². The highest BCUT2D eigenvalue weighted by Gasteiger charge is 2.58. The van der Waals surface area contributed by atoms with Gasteiger partial charge in [-0.1, -0.05) is 78.3 Å². The van der Waals surface area contributed by atoms with Crippen molar-refractivity contribution in [2.45, 2.75) is 24.9 Å². The molecule has 1 saturated heterocycles. The quantitative estimate of drug-likeness (QED) is 0.178. The highest BCUT2D eigenvalue weighted by Crippen LogP contribution is 2.53. The molecule has 9 nitrogen and oxygen atoms in total. The van der Waals surface area contributed by atoms with Crippen LogP contribution < -0.4 is 14.8 Å². The summed E-state index contributed by atoms with van der Waals surface area (Å²) in [6, 6.07) is 29.0. The SMILES string of the molecule is O=C1N[C@]2(Oc3ccccc3[C@@H]3CC(c4ccccc4)=NN32)/C(=C/c2cc([N+](=O)[O-])ccc2OCc2ccccc2Cl)S1. The number of nitro groups is 1. The van der Waals surface area contributed by atoms with E-state index >= 15 is 0 Å². The Morgan fingerprint density at radius 2 is 1.86 bits per heavy atom. The zero-order valence-electron chi connectivity index (χ0n) is 22.5. The van der Waals surface area contributed by atoms with Crippen LogP contribution in [0.15, 0.2) is 107 Å². The maximum absolute atomic E-state index is 13.1. The van der Waals surface area contributed by atoms with E-state index in [0.717, 1.165) is 34.2 Å². The summed E-state index contributed by atoms with van der Waals surface area (Å²) in [5, 5.41) is 21.7. The summed E-state index contributed by atoms with van der Waals surface area (Å²) in [6.45, 7) is 0.145. The Kier molecular flexibility index (Phi) is 6.79. The maximum Gasteiger partial charge on any atom is 0.314 e. The van der Waals surface area contributed by atoms with Gasteiger partial charge in [-0.3, -0.25) is 20.2 Å². The van der Waals surface area contributed by atoms with E-state index in [0.29, 0.717) is 33.4 Å². The number of benzene rings is 4. The van der Waals surface area contributed by atoms with E-state index in [1.165, 1.54) is 12.1 Å². The molecule has 3 heterocycles. The molecule has 7 rings (SSSR count). The van der Waals surface area contributed by atoms with E-state index < -0.39 is 10.8 Å². The summed E-state index contributed by atoms with van der Waals surface area (Å²) in [4.78, 5) is 24.8. The van der Waals surface area contributed by atoms with Crippen LogP contribution in [0.1, 0.15) is 34.7 Å². The number of nitro benzene ring substituents is 1. The predicted molar refractivity (Wildman–Crippen MR) is 165 cm³/mol. The molecule has 1 spiro atoms. The molecule has 0 radical (unpaired) electrons. The monoisotopic (exact) mass is 610 g/mol. The van der Waals surface area contributed by atoms with Gasteiger partial charge in [-0.2, -0.15) is 5.10 Å². The molecule has 1 fully saturated rings. The van der Waals surface area contributed by atoms with Crippen molar-refractivity contribution in [3.63, 3.8) is 0 Å². The van der Waals surface area contributed by atoms with Crippen molar-refractivity contribution in [3.05, 3.63) is 139 Å². The molecule has 0 saturated carbocycles. The molecule has 2 atom stereocenters. The third-order valence-corrected chi connectivity index (χ3v) is 8.79. The molecular formula is C32H23ClN4O5S. The lowest BCUT2D eigenvalue weighted by Gasteiger charge is -2.45. The summed E-state index contributed by atoms with van der Waals surface area (Å²) in [7, 11) is 0. The first-order chi connectivity index (χ1) is 20.9. The Hall–Kier alpha value is -4.80. The standard InChI is InChI=1S/C32H23ClN4O5S/c33-25-12-6-4-10-21(25)19-41-28-15-14-23(37(39)40)16-22(28)17-30-32(34-31(38)43-30)36-27(24-11-5-7-13-29(24)42-32)18-26(35-36)20-8-2-1-3-9-20/h1-17,27H,18-19H2,(H,34,38)/b30-17-/t27-,32+/m0/s1. The van der Waals surface area contributed by atoms with Crippen LogP contribution in [0.3, 0.4) is 0 Å². The van der Waals surface area contributed by atoms with E-state index in [4.69, 9.17) is 26.2 Å². The lowest BCUT2D eigenvalue weighted by molar-refractivity contribution is -0.384. The van der Waals surface area contributed by atoms with Crippen LogP contribution in [0.4, 0.5) is 10.5 Å². The summed E-state index contributed by atoms with van der Waals surface area (Å²) in [5.41, 5.74) is 3.83. The van der Waals surface area contributed by atoms with Gasteiger partial charge in [0.1, 0.15) is 18.1 Å². The van der Waals surface area contributed by atoms with Crippen molar-refractivity contribution < 1.29 is 19.2 Å². The van der Waals surface area contributed by atoms with Crippen molar-refractivity contribution in [2.24, 2.45) is 5.10 Å². The fourth-order valence-corrected chi connectivity index (χ4v) is 6.57. The third kappa shape index (κ3) is 4.88. The number of amides is 1. The van der Waals surface area contributed by atoms with E-state index in [1.807, 2.05) is 72.8 Å². The normalized spacial score (nSPS) is 21.2. The molecule has 0 aliphatic carbocycles. The van der Waals surface area contributed by atoms with Gasteiger partial charge in [0.2, 0.25) is 0 Å². The van der Waals surface area contributed by atoms with Gasteiger partial charge in [0, 0.05) is 40.3 Å². The summed E-state index contributed by atoms with van der Waals surface area (Å²) < 4.78 is 12.7. The highest BCUT2D eigenvalue weighted by molar-refractivity contribution is 8.17. The molecule has 1 N–H and O–H groups in total. The molecule has 3 aliphatic heterocycles. The molecule has 3 aliphatic rings. The second kappa shape index (κ2) is 10.8. The minimum atomic E-state index is -1.47. The van der Waals surface area contributed by atoms with E-state index in [9.17, 15) is 14.9 Å². The van der Waals surface area contributed by atoms with Crippen molar-refractivity contribution in [1.29, 1.82) is 0 Å². The number of ether oxygens (including phenoxy) is 2. The smallest absolute Gasteiger partial charge is 0.314 e. The second-order valence-corrected chi connectivity index (χ2v) is 11.6. The zero-order valence-corrected chi connectivity index (χ0v) is 24.0. The Labute approximate surface area is 255 Å². The molecule has 0 aromatic heterocycles. The topological polar surface area (TPSA) is 106 Å². The van der Waals surface area contributed by atoms with Crippen LogP contribution >= 0.6 is 23.4 Å². The Balaban J connectivity index is 1.34. The number of nitrogens with zero attached hydrogens (tertiary/aromatic N) is 3. The van der Waals surface area contributed by atoms with Crippen molar-refractivity contribution in [1.82, 2.24) is 10.3 Å². The van der Waals surface area contributed by atoms with Crippen molar-refractivity contribution in [2.75, 3.05) is 0 Å². The first-order valence-electron chi connectivity index (χ1n) is 13.5. The van der Waals surface area contributed by atoms with Gasteiger partial charge in [0.05, 0.1) is 21.6 Å². The molecule has 43 heavy (non-hydrogen) atoms. The minimum absolute atomic E-state index is 0.119. The lowest BCUT2D eigenvalue weighted by atomic mass is 9.95. The van der Waals surface area contributed by atoms with E-state index in [-0.39, 0.29) is 23.6 Å². The van der Waals surface area contributed by atoms with Crippen molar-refractivity contribution >= 4 is 46.1 Å². The summed E-state index contributed by atoms with van der Waals surface area (Å²) in [5.74, 6) is -0.464. The number of hydrogen-bond donors (Lipinski definition) is 1. The lowest BCUT2D eigenvalue weighted by Crippen LogP contribution is -2.61. The third-order valence-electron chi connectivity index (χ3n) is 7.52. The van der Waals surface area contributed by atoms with Gasteiger partial charge >= 0.3 is 5.85 Å². The molecule has 4 aromatic carbocycles. The van der Waals surface area contributed by atoms with Crippen LogP contribution in [0.25, 0.3) is 6.08 Å². The zero-order chi connectivity index (χ0) is 29.6. The second-order valence-electron chi connectivity index (χ2n) is 10.1. The first-order valence-corrected chi connectivity index (χ1v) is 14.7. The molecular weight excluding hydrogens is 588 g/mol. The number of thioether (sulfide) groups is 1. The minimum Gasteiger partial charge on any atom is -0.488 e. The van der Waals surface area contributed by atoms with Gasteiger partial charge in [0.15, 0.2) is 0 Å². The largest absolute Gasteiger partial charge is 0.488 e. The number of carbonyl (C=O) groups excluding carboxylic acids is 1. The number of carbonyl (C=O) groups is 1. The average molecular weight is 611 g/mol. The number of hydrogen-bond acceptors (Lipinski definition) is 8. The number of rotatable bonds is 6. The molecule has 1 amide bonds. The molecule has 214 valence electrons. The van der Waals surface area contributed by atoms with Crippen LogP contribution in [-0.2, 0) is 6.61 Å². The Morgan fingerprint density at radius 1 is 1.09 bits per heavy atom. The number of non-ortho nitro benzene ring substituents is 1. The molecule has 0 bridgehead atoms. The summed E-state index contributed by atoms with van der Waals surface area (Å²) in [6.07, 6.45) is 2.29. The fourth-order valence-electron chi connectivity index (χ4n) is 5.48. The highest BCUT2D eigenvalue weighted by atomic mass is 35.5. The number of fused-ring (bicyclic) bond motifs is 4. The predicted octanol–water partition coefficient (Wildman–Crippen LogP) is 7.52. The van der Waals surface area contributed by atoms with Crippen LogP contribution in [0.2, 0.25) is 5.02 Å². The van der Waals surface area contributed by atoms with Crippen LogP contribution in [-0.4, -0.2) is 26.7 Å². The number of nitrogens with one attached hydrogen (secondary N) is 1. The molecule has 4 aromatic rings. The van der Waals surface area contributed by atoms with Gasteiger partial charge in [0.25, 0.3) is 10.9 Å². The average Bonchev–Trinajstić information content (AvgIpc) is 3.60. The molecule has 11 heteroatoms. The van der Waals surface area contributed by atoms with E-state index in [2.05, 4.69) is 5.32 Å². The number of para-hydroxylation sites is 1. The Morgan fingerprint density at radius 3 is 2.67 bits per heavy atom. The Bertz CT molecular complexity index is 1830. The van der Waals surface area contributed by atoms with E-state index in [1.54, 1.807) is 23.2 Å². The number of halogens is 1. The van der Waals surface area contributed by atoms with Gasteiger partial charge < -0.3 is 9.47 Å². The van der Waals surface area contributed by atoms with Gasteiger partial charge in [-0.25, -0.2) is 5.01 Å². The van der Waals surface area contributed by atoms with Crippen LogP contribution in [0, 0.1) is 10.1 Å². The van der Waals surface area contributed by atoms with Gasteiger partial charge in [-0.05, 0) is 41.6 Å². The fraction of sp³-hybridized carbons (Fsp3) is 0.125. The van der Waals surface area contributed by atoms with Gasteiger partial charge in [-0.15, -0.1) is 0 Å². The van der Waals surface area contributed by atoms with Crippen molar-refractivity contribution in [3.8, 4) is 11.5 Å². The molecule has 0 unspecified atom stereocenters. The number of hydrazone groups is 1. The maximum atomic E-state index is 13.1.